The van der Waals surface area contributed by atoms with Crippen molar-refractivity contribution in [1.29, 1.82) is 0 Å². The van der Waals surface area contributed by atoms with Crippen LogP contribution in [-0.4, -0.2) is 29.2 Å². The predicted molar refractivity (Wildman–Crippen MR) is 79.6 cm³/mol. The van der Waals surface area contributed by atoms with Crippen LogP contribution < -0.4 is 26.0 Å². The van der Waals surface area contributed by atoms with Crippen molar-refractivity contribution in [3.63, 3.8) is 0 Å². The third-order valence-corrected chi connectivity index (χ3v) is 2.87. The van der Waals surface area contributed by atoms with Gasteiger partial charge in [0.05, 0.1) is 7.11 Å². The van der Waals surface area contributed by atoms with Gasteiger partial charge in [0.2, 0.25) is 5.91 Å². The molecule has 1 aromatic heterocycles. The molecule has 0 bridgehead atoms. The number of ether oxygens (including phenoxy) is 2. The summed E-state index contributed by atoms with van der Waals surface area (Å²) in [7, 11) is 1.29. The number of nitrogens with one attached hydrogen (secondary N) is 2. The van der Waals surface area contributed by atoms with Gasteiger partial charge in [0, 0.05) is 24.0 Å². The Bertz CT molecular complexity index is 847. The molecular weight excluding hydrogens is 328 g/mol. The average molecular weight is 341 g/mol. The van der Waals surface area contributed by atoms with Crippen LogP contribution in [0, 0.1) is 0 Å². The summed E-state index contributed by atoms with van der Waals surface area (Å²) in [5.41, 5.74) is -1.15. The Kier molecular flexibility index (Phi) is 5.30. The standard InChI is InChI=1S/C14H13F2N3O5/c1-23-9-3-2-8(6-10(9)24-13(15)16)17-12(21)7-19-5-4-11(20)18-14(19)22/h2-6,13H,7H2,1H3,(H,17,21)(H,18,20,22). The number of hydrogen-bond acceptors (Lipinski definition) is 5. The summed E-state index contributed by atoms with van der Waals surface area (Å²) in [5.74, 6) is -0.769. The fourth-order valence-corrected chi connectivity index (χ4v) is 1.87. The van der Waals surface area contributed by atoms with Crippen molar-refractivity contribution in [2.45, 2.75) is 13.2 Å². The summed E-state index contributed by atoms with van der Waals surface area (Å²) in [6.45, 7) is -3.42. The molecule has 0 atom stereocenters. The number of benzene rings is 1. The van der Waals surface area contributed by atoms with Crippen LogP contribution in [0.2, 0.25) is 0 Å². The van der Waals surface area contributed by atoms with Crippen molar-refractivity contribution < 1.29 is 23.0 Å². The summed E-state index contributed by atoms with van der Waals surface area (Å²) in [4.78, 5) is 36.4. The van der Waals surface area contributed by atoms with E-state index in [1.54, 1.807) is 0 Å². The minimum atomic E-state index is -3.05. The lowest BCUT2D eigenvalue weighted by molar-refractivity contribution is -0.116. The molecule has 0 spiro atoms. The lowest BCUT2D eigenvalue weighted by Gasteiger charge is -2.12. The highest BCUT2D eigenvalue weighted by molar-refractivity contribution is 5.90. The fraction of sp³-hybridized carbons (Fsp3) is 0.214. The van der Waals surface area contributed by atoms with Gasteiger partial charge < -0.3 is 14.8 Å². The molecule has 10 heteroatoms. The lowest BCUT2D eigenvalue weighted by Crippen LogP contribution is -2.32. The second kappa shape index (κ2) is 7.40. The maximum atomic E-state index is 12.4. The van der Waals surface area contributed by atoms with Crippen LogP contribution in [0.15, 0.2) is 40.1 Å². The molecule has 2 rings (SSSR count). The molecule has 0 aliphatic carbocycles. The number of carbonyl (C=O) groups is 1. The normalized spacial score (nSPS) is 10.5. The molecule has 2 N–H and O–H groups in total. The van der Waals surface area contributed by atoms with Crippen LogP contribution in [0.25, 0.3) is 0 Å². The number of alkyl halides is 2. The molecule has 128 valence electrons. The first-order chi connectivity index (χ1) is 11.4. The Morgan fingerprint density at radius 3 is 2.67 bits per heavy atom. The minimum Gasteiger partial charge on any atom is -0.493 e. The smallest absolute Gasteiger partial charge is 0.387 e. The summed E-state index contributed by atoms with van der Waals surface area (Å²) in [6, 6.07) is 5.03. The van der Waals surface area contributed by atoms with E-state index in [-0.39, 0.29) is 23.7 Å². The molecule has 0 unspecified atom stereocenters. The maximum Gasteiger partial charge on any atom is 0.387 e. The quantitative estimate of drug-likeness (QED) is 0.808. The van der Waals surface area contributed by atoms with Crippen LogP contribution in [0.5, 0.6) is 11.5 Å². The van der Waals surface area contributed by atoms with Crippen LogP contribution in [0.1, 0.15) is 0 Å². The molecule has 1 heterocycles. The largest absolute Gasteiger partial charge is 0.493 e. The molecule has 1 amide bonds. The molecule has 0 fully saturated rings. The van der Waals surface area contributed by atoms with E-state index in [0.29, 0.717) is 0 Å². The molecule has 1 aromatic carbocycles. The van der Waals surface area contributed by atoms with E-state index in [1.807, 2.05) is 4.98 Å². The van der Waals surface area contributed by atoms with Crippen molar-refractivity contribution in [2.24, 2.45) is 0 Å². The number of halogens is 2. The van der Waals surface area contributed by atoms with Gasteiger partial charge in [-0.25, -0.2) is 4.79 Å². The topological polar surface area (TPSA) is 102 Å². The number of hydrogen-bond donors (Lipinski definition) is 2. The van der Waals surface area contributed by atoms with Gasteiger partial charge in [0.15, 0.2) is 11.5 Å². The molecule has 0 radical (unpaired) electrons. The second-order valence-electron chi connectivity index (χ2n) is 4.53. The molecule has 0 aliphatic rings. The molecule has 24 heavy (non-hydrogen) atoms. The number of rotatable bonds is 6. The molecule has 0 saturated heterocycles. The second-order valence-corrected chi connectivity index (χ2v) is 4.53. The van der Waals surface area contributed by atoms with E-state index in [4.69, 9.17) is 4.74 Å². The van der Waals surface area contributed by atoms with Crippen molar-refractivity contribution in [3.05, 3.63) is 51.3 Å². The van der Waals surface area contributed by atoms with Gasteiger partial charge in [-0.1, -0.05) is 0 Å². The average Bonchev–Trinajstić information content (AvgIpc) is 2.50. The van der Waals surface area contributed by atoms with Gasteiger partial charge >= 0.3 is 12.3 Å². The number of aromatic amines is 1. The Labute approximate surface area is 133 Å². The lowest BCUT2D eigenvalue weighted by atomic mass is 10.2. The van der Waals surface area contributed by atoms with Gasteiger partial charge in [0.25, 0.3) is 5.56 Å². The van der Waals surface area contributed by atoms with E-state index in [0.717, 1.165) is 10.6 Å². The van der Waals surface area contributed by atoms with Crippen LogP contribution in [0.4, 0.5) is 14.5 Å². The van der Waals surface area contributed by atoms with Gasteiger partial charge in [-0.15, -0.1) is 0 Å². The SMILES string of the molecule is COc1ccc(NC(=O)Cn2ccc(=O)[nH]c2=O)cc1OC(F)F. The molecule has 0 aliphatic heterocycles. The van der Waals surface area contributed by atoms with E-state index in [9.17, 15) is 23.2 Å². The predicted octanol–water partition coefficient (Wildman–Crippen LogP) is 0.785. The van der Waals surface area contributed by atoms with Crippen LogP contribution in [-0.2, 0) is 11.3 Å². The minimum absolute atomic E-state index is 0.0742. The van der Waals surface area contributed by atoms with Gasteiger partial charge in [-0.2, -0.15) is 8.78 Å². The first kappa shape index (κ1) is 17.2. The Hall–Kier alpha value is -3.17. The molecule has 8 nitrogen and oxygen atoms in total. The molecular formula is C14H13F2N3O5. The number of anilines is 1. The summed E-state index contributed by atoms with van der Waals surface area (Å²) >= 11 is 0. The fourth-order valence-electron chi connectivity index (χ4n) is 1.87. The molecule has 0 saturated carbocycles. The monoisotopic (exact) mass is 341 g/mol. The van der Waals surface area contributed by atoms with E-state index < -0.39 is 23.8 Å². The van der Waals surface area contributed by atoms with Gasteiger partial charge in [-0.05, 0) is 12.1 Å². The first-order valence-corrected chi connectivity index (χ1v) is 6.61. The third kappa shape index (κ3) is 4.41. The summed E-state index contributed by atoms with van der Waals surface area (Å²) in [6.07, 6.45) is 1.17. The highest BCUT2D eigenvalue weighted by Gasteiger charge is 2.13. The zero-order valence-corrected chi connectivity index (χ0v) is 12.4. The maximum absolute atomic E-state index is 12.4. The third-order valence-electron chi connectivity index (χ3n) is 2.87. The van der Waals surface area contributed by atoms with E-state index >= 15 is 0 Å². The highest BCUT2D eigenvalue weighted by atomic mass is 19.3. The van der Waals surface area contributed by atoms with Crippen molar-refractivity contribution >= 4 is 11.6 Å². The summed E-state index contributed by atoms with van der Waals surface area (Å²) in [5, 5.41) is 2.43. The van der Waals surface area contributed by atoms with Crippen molar-refractivity contribution in [3.8, 4) is 11.5 Å². The zero-order chi connectivity index (χ0) is 17.7. The van der Waals surface area contributed by atoms with Crippen molar-refractivity contribution in [2.75, 3.05) is 12.4 Å². The van der Waals surface area contributed by atoms with Gasteiger partial charge in [0.1, 0.15) is 6.54 Å². The number of amides is 1. The molecule has 2 aromatic rings. The van der Waals surface area contributed by atoms with Crippen LogP contribution in [0.3, 0.4) is 0 Å². The Balaban J connectivity index is 2.13. The number of aromatic nitrogens is 2. The van der Waals surface area contributed by atoms with Crippen molar-refractivity contribution in [1.82, 2.24) is 9.55 Å². The number of nitrogens with zero attached hydrogens (tertiary/aromatic N) is 1. The zero-order valence-electron chi connectivity index (χ0n) is 12.4. The van der Waals surface area contributed by atoms with E-state index in [1.165, 1.54) is 31.5 Å². The number of H-pyrrole nitrogens is 1. The first-order valence-electron chi connectivity index (χ1n) is 6.61. The summed E-state index contributed by atoms with van der Waals surface area (Å²) < 4.78 is 34.9. The van der Waals surface area contributed by atoms with E-state index in [2.05, 4.69) is 10.1 Å². The Morgan fingerprint density at radius 1 is 1.29 bits per heavy atom. The number of methoxy groups -OCH3 is 1. The van der Waals surface area contributed by atoms with Crippen LogP contribution >= 0.6 is 0 Å². The number of carbonyl (C=O) groups excluding carboxylic acids is 1. The van der Waals surface area contributed by atoms with Gasteiger partial charge in [-0.3, -0.25) is 19.1 Å². The highest BCUT2D eigenvalue weighted by Crippen LogP contribution is 2.31. The Morgan fingerprint density at radius 2 is 2.04 bits per heavy atom.